The van der Waals surface area contributed by atoms with E-state index in [0.717, 1.165) is 4.57 Å². The van der Waals surface area contributed by atoms with Crippen LogP contribution in [0, 0.1) is 4.91 Å². The van der Waals surface area contributed by atoms with Crippen molar-refractivity contribution in [1.82, 2.24) is 14.5 Å². The first-order chi connectivity index (χ1) is 13.6. The molecule has 3 heterocycles. The van der Waals surface area contributed by atoms with Crippen molar-refractivity contribution >= 4 is 28.3 Å². The quantitative estimate of drug-likeness (QED) is 0.433. The summed E-state index contributed by atoms with van der Waals surface area (Å²) in [4.78, 5) is 44.7. The Kier molecular flexibility index (Phi) is 4.21. The molecule has 0 radical (unpaired) electrons. The van der Waals surface area contributed by atoms with Gasteiger partial charge in [-0.3, -0.25) is 19.6 Å². The average molecular weight is 372 g/mol. The minimum absolute atomic E-state index is 0.0407. The zero-order valence-electron chi connectivity index (χ0n) is 14.3. The summed E-state index contributed by atoms with van der Waals surface area (Å²) in [5, 5.41) is 14.0. The van der Waals surface area contributed by atoms with Gasteiger partial charge in [-0.2, -0.15) is 0 Å². The molecular weight excluding hydrogens is 360 g/mol. The van der Waals surface area contributed by atoms with Crippen molar-refractivity contribution < 1.29 is 14.7 Å². The van der Waals surface area contributed by atoms with Gasteiger partial charge in [0.2, 0.25) is 5.88 Å². The molecule has 0 saturated carbocycles. The minimum Gasteiger partial charge on any atom is -0.494 e. The topological polar surface area (TPSA) is 115 Å². The van der Waals surface area contributed by atoms with Crippen LogP contribution in [0.25, 0.3) is 10.9 Å². The Hall–Kier alpha value is -4.20. The summed E-state index contributed by atoms with van der Waals surface area (Å²) in [6.45, 7) is 0. The number of carbonyl (C=O) groups excluding carboxylic acids is 2. The third kappa shape index (κ3) is 2.73. The van der Waals surface area contributed by atoms with Gasteiger partial charge in [-0.05, 0) is 47.6 Å². The SMILES string of the molecule is O=Nc1ccc2c(C(=O)c3ccncc3)c(O)n(C(=O)c3ccncc3)c2c1. The lowest BCUT2D eigenvalue weighted by Gasteiger charge is -2.06. The number of nitrogens with zero attached hydrogens (tertiary/aromatic N) is 4. The molecule has 8 nitrogen and oxygen atoms in total. The van der Waals surface area contributed by atoms with Crippen molar-refractivity contribution in [1.29, 1.82) is 0 Å². The first-order valence-corrected chi connectivity index (χ1v) is 8.22. The zero-order valence-corrected chi connectivity index (χ0v) is 14.3. The second-order valence-corrected chi connectivity index (χ2v) is 5.93. The smallest absolute Gasteiger partial charge is 0.265 e. The van der Waals surface area contributed by atoms with Gasteiger partial charge in [0, 0.05) is 41.3 Å². The molecule has 0 fully saturated rings. The Labute approximate surface area is 158 Å². The highest BCUT2D eigenvalue weighted by atomic mass is 16.3. The van der Waals surface area contributed by atoms with E-state index in [1.807, 2.05) is 0 Å². The zero-order chi connectivity index (χ0) is 19.7. The second kappa shape index (κ2) is 6.84. The third-order valence-corrected chi connectivity index (χ3v) is 4.33. The summed E-state index contributed by atoms with van der Waals surface area (Å²) < 4.78 is 0.994. The molecule has 136 valence electrons. The Balaban J connectivity index is 1.99. The third-order valence-electron chi connectivity index (χ3n) is 4.33. The molecule has 28 heavy (non-hydrogen) atoms. The summed E-state index contributed by atoms with van der Waals surface area (Å²) >= 11 is 0. The monoisotopic (exact) mass is 372 g/mol. The maximum Gasteiger partial charge on any atom is 0.265 e. The van der Waals surface area contributed by atoms with Crippen molar-refractivity contribution in [3.63, 3.8) is 0 Å². The molecule has 3 aromatic heterocycles. The highest BCUT2D eigenvalue weighted by Gasteiger charge is 2.27. The Morgan fingerprint density at radius 1 is 0.893 bits per heavy atom. The van der Waals surface area contributed by atoms with E-state index < -0.39 is 17.6 Å². The van der Waals surface area contributed by atoms with E-state index in [-0.39, 0.29) is 22.3 Å². The number of carbonyl (C=O) groups is 2. The normalized spacial score (nSPS) is 10.7. The predicted octanol–water partition coefficient (Wildman–Crippen LogP) is 3.45. The lowest BCUT2D eigenvalue weighted by Crippen LogP contribution is -2.12. The van der Waals surface area contributed by atoms with Crippen molar-refractivity contribution in [2.24, 2.45) is 5.18 Å². The van der Waals surface area contributed by atoms with Crippen LogP contribution in [0.15, 0.2) is 72.4 Å². The summed E-state index contributed by atoms with van der Waals surface area (Å²) in [5.74, 6) is -1.55. The molecular formula is C20H12N4O4. The van der Waals surface area contributed by atoms with Crippen molar-refractivity contribution in [2.75, 3.05) is 0 Å². The molecule has 0 saturated heterocycles. The van der Waals surface area contributed by atoms with Gasteiger partial charge in [-0.15, -0.1) is 4.91 Å². The van der Waals surface area contributed by atoms with Crippen LogP contribution in [0.5, 0.6) is 5.88 Å². The lowest BCUT2D eigenvalue weighted by molar-refractivity contribution is 0.0956. The first-order valence-electron chi connectivity index (χ1n) is 8.22. The summed E-state index contributed by atoms with van der Waals surface area (Å²) in [6, 6.07) is 10.2. The fourth-order valence-electron chi connectivity index (χ4n) is 3.02. The van der Waals surface area contributed by atoms with Gasteiger partial charge in [0.1, 0.15) is 5.69 Å². The largest absolute Gasteiger partial charge is 0.494 e. The molecule has 4 rings (SSSR count). The van der Waals surface area contributed by atoms with E-state index in [1.54, 1.807) is 0 Å². The van der Waals surface area contributed by atoms with Crippen LogP contribution in [0.3, 0.4) is 0 Å². The second-order valence-electron chi connectivity index (χ2n) is 5.93. The van der Waals surface area contributed by atoms with Crippen molar-refractivity contribution in [3.8, 4) is 5.88 Å². The summed E-state index contributed by atoms with van der Waals surface area (Å²) in [7, 11) is 0. The number of rotatable bonds is 4. The molecule has 0 atom stereocenters. The van der Waals surface area contributed by atoms with Crippen LogP contribution < -0.4 is 0 Å². The van der Waals surface area contributed by atoms with Crippen LogP contribution >= 0.6 is 0 Å². The van der Waals surface area contributed by atoms with Gasteiger partial charge < -0.3 is 5.11 Å². The van der Waals surface area contributed by atoms with Crippen molar-refractivity contribution in [3.05, 3.63) is 88.8 Å². The van der Waals surface area contributed by atoms with Crippen LogP contribution in [0.1, 0.15) is 26.3 Å². The molecule has 0 amide bonds. The molecule has 0 unspecified atom stereocenters. The average Bonchev–Trinajstić information content (AvgIpc) is 3.04. The molecule has 0 aliphatic carbocycles. The number of nitroso groups, excluding NO2 is 1. The van der Waals surface area contributed by atoms with Crippen molar-refractivity contribution in [2.45, 2.75) is 0 Å². The number of benzene rings is 1. The fraction of sp³-hybridized carbons (Fsp3) is 0. The first kappa shape index (κ1) is 17.2. The Morgan fingerprint density at radius 3 is 2.11 bits per heavy atom. The van der Waals surface area contributed by atoms with Crippen LogP contribution in [0.4, 0.5) is 5.69 Å². The number of pyridine rings is 2. The van der Waals surface area contributed by atoms with Gasteiger partial charge in [0.05, 0.1) is 11.1 Å². The summed E-state index contributed by atoms with van der Waals surface area (Å²) in [5.41, 5.74) is 0.791. The van der Waals surface area contributed by atoms with Gasteiger partial charge in [0.15, 0.2) is 5.78 Å². The molecule has 0 bridgehead atoms. The molecule has 1 N–H and O–H groups in total. The molecule has 0 aliphatic rings. The molecule has 0 aliphatic heterocycles. The van der Waals surface area contributed by atoms with E-state index in [4.69, 9.17) is 0 Å². The number of hydrogen-bond acceptors (Lipinski definition) is 7. The van der Waals surface area contributed by atoms with Crippen LogP contribution in [-0.2, 0) is 0 Å². The number of hydrogen-bond donors (Lipinski definition) is 1. The van der Waals surface area contributed by atoms with Gasteiger partial charge in [-0.25, -0.2) is 4.57 Å². The number of aromatic hydroxyl groups is 1. The standard InChI is InChI=1S/C20H12N4O4/c25-18(12-3-7-21-8-4-12)17-15-2-1-14(23-28)11-16(15)24(20(17)27)19(26)13-5-9-22-10-6-13/h1-11,27H. The Bertz CT molecular complexity index is 1220. The lowest BCUT2D eigenvalue weighted by atomic mass is 10.0. The minimum atomic E-state index is -0.568. The highest BCUT2D eigenvalue weighted by molar-refractivity contribution is 6.20. The molecule has 8 heteroatoms. The van der Waals surface area contributed by atoms with Gasteiger partial charge >= 0.3 is 0 Å². The number of aromatic nitrogens is 3. The number of ketones is 1. The summed E-state index contributed by atoms with van der Waals surface area (Å²) in [6.07, 6.45) is 5.80. The predicted molar refractivity (Wildman–Crippen MR) is 101 cm³/mol. The fourth-order valence-corrected chi connectivity index (χ4v) is 3.02. The van der Waals surface area contributed by atoms with E-state index >= 15 is 0 Å². The van der Waals surface area contributed by atoms with E-state index in [0.29, 0.717) is 10.9 Å². The number of fused-ring (bicyclic) bond motifs is 1. The van der Waals surface area contributed by atoms with E-state index in [2.05, 4.69) is 15.1 Å². The highest BCUT2D eigenvalue weighted by Crippen LogP contribution is 2.35. The van der Waals surface area contributed by atoms with Crippen LogP contribution in [-0.4, -0.2) is 31.3 Å². The van der Waals surface area contributed by atoms with Gasteiger partial charge in [-0.1, -0.05) is 0 Å². The van der Waals surface area contributed by atoms with E-state index in [1.165, 1.54) is 67.3 Å². The maximum atomic E-state index is 13.0. The molecule has 1 aromatic carbocycles. The van der Waals surface area contributed by atoms with Gasteiger partial charge in [0.25, 0.3) is 5.91 Å². The molecule has 4 aromatic rings. The Morgan fingerprint density at radius 2 is 1.50 bits per heavy atom. The van der Waals surface area contributed by atoms with E-state index in [9.17, 15) is 19.6 Å². The van der Waals surface area contributed by atoms with Crippen LogP contribution in [0.2, 0.25) is 0 Å². The molecule has 0 spiro atoms. The maximum absolute atomic E-state index is 13.0.